The fourth-order valence-corrected chi connectivity index (χ4v) is 4.16. The van der Waals surface area contributed by atoms with Gasteiger partial charge in [-0.1, -0.05) is 18.2 Å². The number of rotatable bonds is 3. The van der Waals surface area contributed by atoms with E-state index >= 15 is 0 Å². The molecule has 4 rings (SSSR count). The predicted molar refractivity (Wildman–Crippen MR) is 89.0 cm³/mol. The smallest absolute Gasteiger partial charge is 0.224 e. The molecule has 1 aliphatic heterocycles. The molecule has 4 N–H and O–H groups in total. The summed E-state index contributed by atoms with van der Waals surface area (Å²) >= 11 is 0. The molecule has 4 atom stereocenters. The Bertz CT molecular complexity index is 711. The highest BCUT2D eigenvalue weighted by Crippen LogP contribution is 2.33. The van der Waals surface area contributed by atoms with E-state index in [9.17, 15) is 9.90 Å². The Morgan fingerprint density at radius 2 is 2.00 bits per heavy atom. The second kappa shape index (κ2) is 5.98. The van der Waals surface area contributed by atoms with Crippen LogP contribution in [-0.4, -0.2) is 41.2 Å². The van der Waals surface area contributed by atoms with Gasteiger partial charge in [0.1, 0.15) is 0 Å². The fourth-order valence-electron chi connectivity index (χ4n) is 4.16. The van der Waals surface area contributed by atoms with E-state index in [2.05, 4.69) is 15.6 Å². The third kappa shape index (κ3) is 2.86. The summed E-state index contributed by atoms with van der Waals surface area (Å²) in [5.74, 6) is 1.13. The van der Waals surface area contributed by atoms with Crippen molar-refractivity contribution in [2.75, 3.05) is 13.1 Å². The number of nitrogens with one attached hydrogen (secondary N) is 3. The highest BCUT2D eigenvalue weighted by atomic mass is 16.3. The van der Waals surface area contributed by atoms with Crippen molar-refractivity contribution in [1.82, 2.24) is 15.6 Å². The summed E-state index contributed by atoms with van der Waals surface area (Å²) in [6, 6.07) is 7.88. The number of hydrogen-bond donors (Lipinski definition) is 4. The van der Waals surface area contributed by atoms with Crippen LogP contribution >= 0.6 is 0 Å². The second-order valence-electron chi connectivity index (χ2n) is 6.93. The van der Waals surface area contributed by atoms with E-state index in [1.807, 2.05) is 30.5 Å². The lowest BCUT2D eigenvalue weighted by Crippen LogP contribution is -2.49. The molecule has 2 fully saturated rings. The molecule has 2 heterocycles. The third-order valence-electron chi connectivity index (χ3n) is 5.42. The van der Waals surface area contributed by atoms with Gasteiger partial charge in [-0.25, -0.2) is 0 Å². The van der Waals surface area contributed by atoms with Crippen LogP contribution in [0.5, 0.6) is 0 Å². The van der Waals surface area contributed by atoms with Crippen LogP contribution in [0.15, 0.2) is 30.5 Å². The van der Waals surface area contributed by atoms with E-state index in [4.69, 9.17) is 0 Å². The van der Waals surface area contributed by atoms with E-state index in [1.165, 1.54) is 0 Å². The molecule has 5 heteroatoms. The molecule has 0 unspecified atom stereocenters. The summed E-state index contributed by atoms with van der Waals surface area (Å²) in [5.41, 5.74) is 2.05. The molecule has 1 aromatic heterocycles. The average molecular weight is 313 g/mol. The zero-order chi connectivity index (χ0) is 15.8. The standard InChI is InChI=1S/C18H23N3O2/c22-17-6-12-9-19-8-11(12)5-16(17)21-18(23)7-13-10-20-15-4-2-1-3-14(13)15/h1-4,10-12,16-17,19-20,22H,5-9H2,(H,21,23)/t11-,12+,16-,17-/m0/s1. The zero-order valence-electron chi connectivity index (χ0n) is 13.1. The van der Waals surface area contributed by atoms with Gasteiger partial charge < -0.3 is 20.7 Å². The van der Waals surface area contributed by atoms with Crippen LogP contribution in [-0.2, 0) is 11.2 Å². The van der Waals surface area contributed by atoms with Crippen LogP contribution in [0.25, 0.3) is 10.9 Å². The van der Waals surface area contributed by atoms with Crippen molar-refractivity contribution >= 4 is 16.8 Å². The first-order chi connectivity index (χ1) is 11.2. The molecular weight excluding hydrogens is 290 g/mol. The molecule has 1 saturated heterocycles. The van der Waals surface area contributed by atoms with Crippen LogP contribution in [0.3, 0.4) is 0 Å². The van der Waals surface area contributed by atoms with E-state index < -0.39 is 6.10 Å². The van der Waals surface area contributed by atoms with Crippen molar-refractivity contribution in [3.05, 3.63) is 36.0 Å². The molecule has 0 spiro atoms. The number of aromatic nitrogens is 1. The molecule has 1 amide bonds. The summed E-state index contributed by atoms with van der Waals surface area (Å²) in [6.07, 6.45) is 3.48. The normalized spacial score (nSPS) is 30.3. The number of aliphatic hydroxyl groups is 1. The van der Waals surface area contributed by atoms with Gasteiger partial charge >= 0.3 is 0 Å². The van der Waals surface area contributed by atoms with E-state index in [0.29, 0.717) is 18.3 Å². The Morgan fingerprint density at radius 1 is 1.22 bits per heavy atom. The van der Waals surface area contributed by atoms with Crippen LogP contribution < -0.4 is 10.6 Å². The SMILES string of the molecule is O=C(Cc1c[nH]c2ccccc12)N[C@H]1C[C@H]2CNC[C@H]2C[C@@H]1O. The van der Waals surface area contributed by atoms with Gasteiger partial charge in [-0.05, 0) is 49.4 Å². The molecule has 0 radical (unpaired) electrons. The van der Waals surface area contributed by atoms with Crippen LogP contribution in [0, 0.1) is 11.8 Å². The first-order valence-corrected chi connectivity index (χ1v) is 8.44. The lowest BCUT2D eigenvalue weighted by Gasteiger charge is -2.35. The summed E-state index contributed by atoms with van der Waals surface area (Å²) in [4.78, 5) is 15.6. The summed E-state index contributed by atoms with van der Waals surface area (Å²) < 4.78 is 0. The number of hydrogen-bond acceptors (Lipinski definition) is 3. The molecular formula is C18H23N3O2. The first-order valence-electron chi connectivity index (χ1n) is 8.44. The van der Waals surface area contributed by atoms with Crippen LogP contribution in [0.1, 0.15) is 18.4 Å². The number of amides is 1. The minimum absolute atomic E-state index is 0.0109. The Hall–Kier alpha value is -1.85. The number of carbonyl (C=O) groups excluding carboxylic acids is 1. The van der Waals surface area contributed by atoms with Gasteiger partial charge in [0.15, 0.2) is 0 Å². The molecule has 1 saturated carbocycles. The number of aliphatic hydroxyl groups excluding tert-OH is 1. The van der Waals surface area contributed by atoms with Crippen LogP contribution in [0.4, 0.5) is 0 Å². The quantitative estimate of drug-likeness (QED) is 0.687. The number of fused-ring (bicyclic) bond motifs is 2. The molecule has 23 heavy (non-hydrogen) atoms. The van der Waals surface area contributed by atoms with Crippen molar-refractivity contribution in [3.63, 3.8) is 0 Å². The Morgan fingerprint density at radius 3 is 2.87 bits per heavy atom. The predicted octanol–water partition coefficient (Wildman–Crippen LogP) is 1.19. The highest BCUT2D eigenvalue weighted by molar-refractivity contribution is 5.88. The molecule has 1 aliphatic carbocycles. The second-order valence-corrected chi connectivity index (χ2v) is 6.93. The first kappa shape index (κ1) is 14.7. The lowest BCUT2D eigenvalue weighted by molar-refractivity contribution is -0.122. The summed E-state index contributed by atoms with van der Waals surface area (Å²) in [7, 11) is 0. The fraction of sp³-hybridized carbons (Fsp3) is 0.500. The van der Waals surface area contributed by atoms with Gasteiger partial charge in [0.25, 0.3) is 0 Å². The number of benzene rings is 1. The number of para-hydroxylation sites is 1. The Balaban J connectivity index is 1.41. The molecule has 5 nitrogen and oxygen atoms in total. The number of aromatic amines is 1. The maximum absolute atomic E-state index is 12.4. The number of carbonyl (C=O) groups is 1. The molecule has 2 aromatic rings. The van der Waals surface area contributed by atoms with Crippen molar-refractivity contribution in [2.24, 2.45) is 11.8 Å². The van der Waals surface area contributed by atoms with E-state index in [0.717, 1.165) is 42.4 Å². The lowest BCUT2D eigenvalue weighted by atomic mass is 9.77. The van der Waals surface area contributed by atoms with Crippen molar-refractivity contribution in [2.45, 2.75) is 31.4 Å². The van der Waals surface area contributed by atoms with E-state index in [-0.39, 0.29) is 11.9 Å². The van der Waals surface area contributed by atoms with Gasteiger partial charge in [-0.3, -0.25) is 4.79 Å². The van der Waals surface area contributed by atoms with Crippen molar-refractivity contribution in [1.29, 1.82) is 0 Å². The number of H-pyrrole nitrogens is 1. The Labute approximate surface area is 135 Å². The maximum Gasteiger partial charge on any atom is 0.224 e. The van der Waals surface area contributed by atoms with Gasteiger partial charge in [0.2, 0.25) is 5.91 Å². The van der Waals surface area contributed by atoms with E-state index in [1.54, 1.807) is 0 Å². The minimum atomic E-state index is -0.428. The monoisotopic (exact) mass is 313 g/mol. The van der Waals surface area contributed by atoms with Gasteiger partial charge in [0, 0.05) is 17.1 Å². The molecule has 1 aromatic carbocycles. The van der Waals surface area contributed by atoms with Crippen molar-refractivity contribution in [3.8, 4) is 0 Å². The Kier molecular flexibility index (Phi) is 3.83. The van der Waals surface area contributed by atoms with Gasteiger partial charge in [0.05, 0.1) is 18.6 Å². The third-order valence-corrected chi connectivity index (χ3v) is 5.42. The summed E-state index contributed by atoms with van der Waals surface area (Å²) in [6.45, 7) is 2.00. The average Bonchev–Trinajstić information content (AvgIpc) is 3.15. The molecule has 0 bridgehead atoms. The summed E-state index contributed by atoms with van der Waals surface area (Å²) in [5, 5.41) is 17.8. The minimum Gasteiger partial charge on any atom is -0.391 e. The largest absolute Gasteiger partial charge is 0.391 e. The van der Waals surface area contributed by atoms with Gasteiger partial charge in [-0.15, -0.1) is 0 Å². The molecule has 2 aliphatic rings. The molecule has 122 valence electrons. The van der Waals surface area contributed by atoms with Gasteiger partial charge in [-0.2, -0.15) is 0 Å². The maximum atomic E-state index is 12.4. The highest BCUT2D eigenvalue weighted by Gasteiger charge is 2.39. The van der Waals surface area contributed by atoms with Crippen molar-refractivity contribution < 1.29 is 9.90 Å². The van der Waals surface area contributed by atoms with Crippen LogP contribution in [0.2, 0.25) is 0 Å². The zero-order valence-corrected chi connectivity index (χ0v) is 13.1. The topological polar surface area (TPSA) is 77.2 Å².